The van der Waals surface area contributed by atoms with Gasteiger partial charge in [-0.2, -0.15) is 4.31 Å². The molecule has 1 aliphatic rings. The molecule has 1 unspecified atom stereocenters. The third-order valence-electron chi connectivity index (χ3n) is 4.09. The maximum absolute atomic E-state index is 12.9. The number of hydrogen-bond donors (Lipinski definition) is 0. The Bertz CT molecular complexity index is 765. The molecular formula is C16H19N3O3S. The number of benzene rings is 1. The van der Waals surface area contributed by atoms with Gasteiger partial charge in [0.15, 0.2) is 0 Å². The summed E-state index contributed by atoms with van der Waals surface area (Å²) in [7, 11) is -2.00. The Morgan fingerprint density at radius 3 is 2.91 bits per heavy atom. The van der Waals surface area contributed by atoms with E-state index in [9.17, 15) is 8.42 Å². The molecule has 122 valence electrons. The number of hydrogen-bond acceptors (Lipinski definition) is 5. The molecule has 0 aliphatic carbocycles. The van der Waals surface area contributed by atoms with Crippen molar-refractivity contribution in [2.24, 2.45) is 0 Å². The lowest BCUT2D eigenvalue weighted by atomic mass is 9.96. The molecule has 2 aromatic rings. The summed E-state index contributed by atoms with van der Waals surface area (Å²) in [6.07, 6.45) is 4.95. The van der Waals surface area contributed by atoms with Gasteiger partial charge in [-0.3, -0.25) is 0 Å². The molecule has 0 radical (unpaired) electrons. The molecule has 1 fully saturated rings. The average molecular weight is 333 g/mol. The number of ether oxygens (including phenoxy) is 1. The third kappa shape index (κ3) is 3.35. The maximum atomic E-state index is 12.9. The highest BCUT2D eigenvalue weighted by Crippen LogP contribution is 2.29. The van der Waals surface area contributed by atoms with Gasteiger partial charge in [0.1, 0.15) is 12.1 Å². The van der Waals surface area contributed by atoms with E-state index >= 15 is 0 Å². The van der Waals surface area contributed by atoms with Crippen LogP contribution in [-0.4, -0.2) is 42.9 Å². The molecule has 0 spiro atoms. The van der Waals surface area contributed by atoms with Gasteiger partial charge >= 0.3 is 0 Å². The van der Waals surface area contributed by atoms with Crippen molar-refractivity contribution >= 4 is 10.0 Å². The minimum absolute atomic E-state index is 0.104. The van der Waals surface area contributed by atoms with Crippen LogP contribution in [-0.2, 0) is 10.0 Å². The molecule has 1 aromatic carbocycles. The minimum atomic E-state index is -3.53. The van der Waals surface area contributed by atoms with E-state index in [1.165, 1.54) is 17.7 Å². The predicted molar refractivity (Wildman–Crippen MR) is 85.8 cm³/mol. The fraction of sp³-hybridized carbons (Fsp3) is 0.375. The highest BCUT2D eigenvalue weighted by Gasteiger charge is 2.31. The number of methoxy groups -OCH3 is 1. The molecule has 6 nitrogen and oxygen atoms in total. The Hall–Kier alpha value is -1.99. The van der Waals surface area contributed by atoms with Gasteiger partial charge in [0, 0.05) is 37.0 Å². The van der Waals surface area contributed by atoms with Crippen LogP contribution < -0.4 is 4.74 Å². The monoisotopic (exact) mass is 333 g/mol. The molecule has 1 aliphatic heterocycles. The summed E-state index contributed by atoms with van der Waals surface area (Å²) in [5, 5.41) is 0. The molecule has 7 heteroatoms. The van der Waals surface area contributed by atoms with Crippen molar-refractivity contribution in [3.8, 4) is 5.75 Å². The van der Waals surface area contributed by atoms with Crippen molar-refractivity contribution in [3.05, 3.63) is 48.5 Å². The van der Waals surface area contributed by atoms with Crippen molar-refractivity contribution in [2.75, 3.05) is 20.2 Å². The van der Waals surface area contributed by atoms with Crippen LogP contribution in [0.3, 0.4) is 0 Å². The molecular weight excluding hydrogens is 314 g/mol. The number of nitrogens with zero attached hydrogens (tertiary/aromatic N) is 3. The van der Waals surface area contributed by atoms with Gasteiger partial charge in [-0.1, -0.05) is 6.07 Å². The molecule has 0 bridgehead atoms. The molecule has 1 saturated heterocycles. The minimum Gasteiger partial charge on any atom is -0.497 e. The highest BCUT2D eigenvalue weighted by atomic mass is 32.2. The summed E-state index contributed by atoms with van der Waals surface area (Å²) in [6.45, 7) is 0.970. The SMILES string of the molecule is COc1cccc(S(=O)(=O)N2CCCC(c3ccncn3)C2)c1. The van der Waals surface area contributed by atoms with Crippen LogP contribution in [0.4, 0.5) is 0 Å². The van der Waals surface area contributed by atoms with Crippen molar-refractivity contribution in [3.63, 3.8) is 0 Å². The molecule has 3 rings (SSSR count). The van der Waals surface area contributed by atoms with Gasteiger partial charge in [-0.05, 0) is 31.0 Å². The summed E-state index contributed by atoms with van der Waals surface area (Å²) >= 11 is 0. The quantitative estimate of drug-likeness (QED) is 0.856. The van der Waals surface area contributed by atoms with Crippen molar-refractivity contribution in [2.45, 2.75) is 23.7 Å². The van der Waals surface area contributed by atoms with E-state index in [-0.39, 0.29) is 10.8 Å². The van der Waals surface area contributed by atoms with Crippen LogP contribution in [0.1, 0.15) is 24.5 Å². The smallest absolute Gasteiger partial charge is 0.243 e. The van der Waals surface area contributed by atoms with E-state index in [0.29, 0.717) is 18.8 Å². The van der Waals surface area contributed by atoms with E-state index in [1.807, 2.05) is 6.07 Å². The lowest BCUT2D eigenvalue weighted by Gasteiger charge is -2.31. The van der Waals surface area contributed by atoms with E-state index < -0.39 is 10.0 Å². The first kappa shape index (κ1) is 15.9. The number of rotatable bonds is 4. The Kier molecular flexibility index (Phi) is 4.58. The molecule has 0 amide bonds. The predicted octanol–water partition coefficient (Wildman–Crippen LogP) is 2.05. The molecule has 2 heterocycles. The fourth-order valence-corrected chi connectivity index (χ4v) is 4.41. The number of aromatic nitrogens is 2. The van der Waals surface area contributed by atoms with E-state index in [0.717, 1.165) is 18.5 Å². The summed E-state index contributed by atoms with van der Waals surface area (Å²) in [5.41, 5.74) is 0.894. The van der Waals surface area contributed by atoms with Gasteiger partial charge in [0.05, 0.1) is 12.0 Å². The summed E-state index contributed by atoms with van der Waals surface area (Å²) in [6, 6.07) is 8.44. The van der Waals surface area contributed by atoms with Crippen LogP contribution in [0.2, 0.25) is 0 Å². The van der Waals surface area contributed by atoms with Crippen LogP contribution in [0.5, 0.6) is 5.75 Å². The zero-order valence-electron chi connectivity index (χ0n) is 12.9. The first-order valence-corrected chi connectivity index (χ1v) is 8.95. The standard InChI is InChI=1S/C16H19N3O3S/c1-22-14-5-2-6-15(10-14)23(20,21)19-9-3-4-13(11-19)16-7-8-17-12-18-16/h2,5-8,10,12-13H,3-4,9,11H2,1H3. The Labute approximate surface area is 136 Å². The Morgan fingerprint density at radius 2 is 2.17 bits per heavy atom. The van der Waals surface area contributed by atoms with E-state index in [1.54, 1.807) is 30.5 Å². The molecule has 1 atom stereocenters. The lowest BCUT2D eigenvalue weighted by molar-refractivity contribution is 0.312. The second kappa shape index (κ2) is 6.64. The normalized spacial score (nSPS) is 19.4. The number of piperidine rings is 1. The third-order valence-corrected chi connectivity index (χ3v) is 5.95. The van der Waals surface area contributed by atoms with Crippen LogP contribution in [0, 0.1) is 0 Å². The summed E-state index contributed by atoms with van der Waals surface area (Å²) in [5.74, 6) is 0.641. The van der Waals surface area contributed by atoms with Gasteiger partial charge in [0.25, 0.3) is 0 Å². The topological polar surface area (TPSA) is 72.4 Å². The van der Waals surface area contributed by atoms with Crippen molar-refractivity contribution in [1.29, 1.82) is 0 Å². The van der Waals surface area contributed by atoms with Gasteiger partial charge in [-0.15, -0.1) is 0 Å². The summed E-state index contributed by atoms with van der Waals surface area (Å²) in [4.78, 5) is 8.45. The first-order chi connectivity index (χ1) is 11.1. The summed E-state index contributed by atoms with van der Waals surface area (Å²) < 4.78 is 32.4. The van der Waals surface area contributed by atoms with Crippen LogP contribution in [0.15, 0.2) is 47.8 Å². The second-order valence-electron chi connectivity index (χ2n) is 5.52. The van der Waals surface area contributed by atoms with Crippen LogP contribution in [0.25, 0.3) is 0 Å². The molecule has 23 heavy (non-hydrogen) atoms. The molecule has 0 saturated carbocycles. The van der Waals surface area contributed by atoms with E-state index in [4.69, 9.17) is 4.74 Å². The van der Waals surface area contributed by atoms with E-state index in [2.05, 4.69) is 9.97 Å². The van der Waals surface area contributed by atoms with Crippen molar-refractivity contribution < 1.29 is 13.2 Å². The zero-order valence-corrected chi connectivity index (χ0v) is 13.7. The first-order valence-electron chi connectivity index (χ1n) is 7.51. The second-order valence-corrected chi connectivity index (χ2v) is 7.45. The van der Waals surface area contributed by atoms with Gasteiger partial charge in [-0.25, -0.2) is 18.4 Å². The van der Waals surface area contributed by atoms with Crippen molar-refractivity contribution in [1.82, 2.24) is 14.3 Å². The maximum Gasteiger partial charge on any atom is 0.243 e. The Morgan fingerprint density at radius 1 is 1.30 bits per heavy atom. The van der Waals surface area contributed by atoms with Crippen LogP contribution >= 0.6 is 0 Å². The lowest BCUT2D eigenvalue weighted by Crippen LogP contribution is -2.39. The number of sulfonamides is 1. The fourth-order valence-electron chi connectivity index (χ4n) is 2.86. The average Bonchev–Trinajstić information content (AvgIpc) is 2.62. The Balaban J connectivity index is 1.85. The molecule has 1 aromatic heterocycles. The van der Waals surface area contributed by atoms with Gasteiger partial charge < -0.3 is 4.74 Å². The molecule has 0 N–H and O–H groups in total. The van der Waals surface area contributed by atoms with Gasteiger partial charge in [0.2, 0.25) is 10.0 Å². The zero-order chi connectivity index (χ0) is 16.3. The largest absolute Gasteiger partial charge is 0.497 e. The highest BCUT2D eigenvalue weighted by molar-refractivity contribution is 7.89.